The first kappa shape index (κ1) is 17.1. The molecular weight excluding hydrogens is 314 g/mol. The van der Waals surface area contributed by atoms with E-state index in [9.17, 15) is 4.79 Å². The number of benzene rings is 2. The second-order valence-corrected chi connectivity index (χ2v) is 6.13. The number of hydrogen-bond acceptors (Lipinski definition) is 3. The quantitative estimate of drug-likeness (QED) is 0.785. The van der Waals surface area contributed by atoms with Gasteiger partial charge in [0.25, 0.3) is 0 Å². The van der Waals surface area contributed by atoms with Crippen LogP contribution in [0.2, 0.25) is 0 Å². The van der Waals surface area contributed by atoms with Gasteiger partial charge in [-0.3, -0.25) is 4.79 Å². The van der Waals surface area contributed by atoms with Crippen molar-refractivity contribution in [2.75, 3.05) is 27.3 Å². The Hall–Kier alpha value is -2.75. The highest BCUT2D eigenvalue weighted by Gasteiger charge is 2.29. The van der Waals surface area contributed by atoms with Crippen molar-refractivity contribution in [1.29, 1.82) is 0 Å². The normalized spacial score (nSPS) is 16.8. The van der Waals surface area contributed by atoms with Gasteiger partial charge in [-0.1, -0.05) is 36.4 Å². The Kier molecular flexibility index (Phi) is 5.08. The van der Waals surface area contributed by atoms with Gasteiger partial charge in [0.15, 0.2) is 11.5 Å². The smallest absolute Gasteiger partial charge is 0.227 e. The second-order valence-electron chi connectivity index (χ2n) is 6.13. The van der Waals surface area contributed by atoms with Crippen LogP contribution in [0.1, 0.15) is 22.6 Å². The van der Waals surface area contributed by atoms with Crippen LogP contribution in [0.3, 0.4) is 0 Å². The maximum Gasteiger partial charge on any atom is 0.227 e. The average Bonchev–Trinajstić information content (AvgIpc) is 2.78. The lowest BCUT2D eigenvalue weighted by molar-refractivity contribution is -0.129. The molecule has 130 valence electrons. The third-order valence-corrected chi connectivity index (χ3v) is 4.67. The standard InChI is InChI=1S/C21H23NO3/c1-4-10-22-14-18(15-8-6-5-7-9-15)17-13-20(25-3)19(24-2)11-16(17)12-21(22)23/h4-9,11,13,18H,1,10,12,14H2,2-3H3. The molecule has 0 bridgehead atoms. The fourth-order valence-corrected chi connectivity index (χ4v) is 3.41. The highest BCUT2D eigenvalue weighted by molar-refractivity contribution is 5.81. The minimum atomic E-state index is 0.0856. The lowest BCUT2D eigenvalue weighted by Gasteiger charge is -2.25. The average molecular weight is 337 g/mol. The van der Waals surface area contributed by atoms with Gasteiger partial charge in [-0.2, -0.15) is 0 Å². The Morgan fingerprint density at radius 2 is 1.84 bits per heavy atom. The first-order valence-electron chi connectivity index (χ1n) is 8.36. The van der Waals surface area contributed by atoms with Crippen LogP contribution in [0.15, 0.2) is 55.1 Å². The topological polar surface area (TPSA) is 38.8 Å². The zero-order valence-electron chi connectivity index (χ0n) is 14.7. The molecule has 1 unspecified atom stereocenters. The van der Waals surface area contributed by atoms with Crippen LogP contribution < -0.4 is 9.47 Å². The zero-order chi connectivity index (χ0) is 17.8. The second kappa shape index (κ2) is 7.43. The van der Waals surface area contributed by atoms with E-state index >= 15 is 0 Å². The van der Waals surface area contributed by atoms with E-state index < -0.39 is 0 Å². The Morgan fingerprint density at radius 1 is 1.16 bits per heavy atom. The van der Waals surface area contributed by atoms with Crippen LogP contribution in [-0.4, -0.2) is 38.1 Å². The van der Waals surface area contributed by atoms with Gasteiger partial charge in [-0.25, -0.2) is 0 Å². The fraction of sp³-hybridized carbons (Fsp3) is 0.286. The molecule has 0 saturated carbocycles. The molecule has 0 radical (unpaired) electrons. The Morgan fingerprint density at radius 3 is 2.48 bits per heavy atom. The van der Waals surface area contributed by atoms with E-state index in [0.29, 0.717) is 31.0 Å². The molecule has 1 heterocycles. The highest BCUT2D eigenvalue weighted by atomic mass is 16.5. The third kappa shape index (κ3) is 3.38. The van der Waals surface area contributed by atoms with E-state index in [-0.39, 0.29) is 11.8 Å². The van der Waals surface area contributed by atoms with E-state index in [1.807, 2.05) is 35.2 Å². The molecule has 0 aliphatic carbocycles. The van der Waals surface area contributed by atoms with Crippen molar-refractivity contribution in [2.45, 2.75) is 12.3 Å². The monoisotopic (exact) mass is 337 g/mol. The van der Waals surface area contributed by atoms with Gasteiger partial charge in [0.05, 0.1) is 20.6 Å². The van der Waals surface area contributed by atoms with Gasteiger partial charge in [0.2, 0.25) is 5.91 Å². The molecule has 2 aromatic rings. The molecule has 0 N–H and O–H groups in total. The summed E-state index contributed by atoms with van der Waals surface area (Å²) in [5.74, 6) is 1.53. The molecule has 4 heteroatoms. The van der Waals surface area contributed by atoms with Gasteiger partial charge in [0.1, 0.15) is 0 Å². The summed E-state index contributed by atoms with van der Waals surface area (Å²) < 4.78 is 10.9. The molecule has 1 atom stereocenters. The molecule has 0 fully saturated rings. The largest absolute Gasteiger partial charge is 0.493 e. The van der Waals surface area contributed by atoms with E-state index in [0.717, 1.165) is 11.1 Å². The number of methoxy groups -OCH3 is 2. The summed E-state index contributed by atoms with van der Waals surface area (Å²) in [5, 5.41) is 0. The van der Waals surface area contributed by atoms with Crippen molar-refractivity contribution in [1.82, 2.24) is 4.90 Å². The molecule has 1 amide bonds. The Labute approximate surface area is 148 Å². The lowest BCUT2D eigenvalue weighted by Crippen LogP contribution is -2.33. The van der Waals surface area contributed by atoms with E-state index in [2.05, 4.69) is 18.7 Å². The summed E-state index contributed by atoms with van der Waals surface area (Å²) in [6.07, 6.45) is 2.13. The van der Waals surface area contributed by atoms with Gasteiger partial charge in [-0.05, 0) is 28.8 Å². The van der Waals surface area contributed by atoms with Crippen LogP contribution in [0.4, 0.5) is 0 Å². The molecule has 2 aromatic carbocycles. The first-order valence-corrected chi connectivity index (χ1v) is 8.36. The number of hydrogen-bond donors (Lipinski definition) is 0. The van der Waals surface area contributed by atoms with Crippen LogP contribution in [0.5, 0.6) is 11.5 Å². The van der Waals surface area contributed by atoms with Gasteiger partial charge < -0.3 is 14.4 Å². The minimum absolute atomic E-state index is 0.0856. The van der Waals surface area contributed by atoms with E-state index in [1.165, 1.54) is 5.56 Å². The lowest BCUT2D eigenvalue weighted by atomic mass is 9.87. The number of rotatable bonds is 5. The number of carbonyl (C=O) groups excluding carboxylic acids is 1. The summed E-state index contributed by atoms with van der Waals surface area (Å²) in [4.78, 5) is 14.6. The maximum atomic E-state index is 12.7. The van der Waals surface area contributed by atoms with Crippen LogP contribution in [0.25, 0.3) is 0 Å². The zero-order valence-corrected chi connectivity index (χ0v) is 14.7. The SMILES string of the molecule is C=CCN1CC(c2ccccc2)c2cc(OC)c(OC)cc2CC1=O. The van der Waals surface area contributed by atoms with Gasteiger partial charge in [0, 0.05) is 19.0 Å². The number of carbonyl (C=O) groups is 1. The van der Waals surface area contributed by atoms with Gasteiger partial charge >= 0.3 is 0 Å². The summed E-state index contributed by atoms with van der Waals surface area (Å²) in [6, 6.07) is 14.2. The molecule has 1 aliphatic rings. The van der Waals surface area contributed by atoms with Crippen molar-refractivity contribution in [3.8, 4) is 11.5 Å². The van der Waals surface area contributed by atoms with Gasteiger partial charge in [-0.15, -0.1) is 6.58 Å². The summed E-state index contributed by atoms with van der Waals surface area (Å²) in [6.45, 7) is 4.96. The number of nitrogens with zero attached hydrogens (tertiary/aromatic N) is 1. The Balaban J connectivity index is 2.15. The fourth-order valence-electron chi connectivity index (χ4n) is 3.41. The number of amides is 1. The summed E-state index contributed by atoms with van der Waals surface area (Å²) in [5.41, 5.74) is 3.28. The molecule has 0 aromatic heterocycles. The molecule has 0 saturated heterocycles. The predicted molar refractivity (Wildman–Crippen MR) is 98.3 cm³/mol. The molecule has 0 spiro atoms. The summed E-state index contributed by atoms with van der Waals surface area (Å²) >= 11 is 0. The number of fused-ring (bicyclic) bond motifs is 1. The molecule has 25 heavy (non-hydrogen) atoms. The van der Waals surface area contributed by atoms with Crippen molar-refractivity contribution < 1.29 is 14.3 Å². The van der Waals surface area contributed by atoms with Crippen molar-refractivity contribution in [3.63, 3.8) is 0 Å². The maximum absolute atomic E-state index is 12.7. The van der Waals surface area contributed by atoms with Crippen LogP contribution >= 0.6 is 0 Å². The summed E-state index contributed by atoms with van der Waals surface area (Å²) in [7, 11) is 3.25. The van der Waals surface area contributed by atoms with Crippen LogP contribution in [0, 0.1) is 0 Å². The minimum Gasteiger partial charge on any atom is -0.493 e. The van der Waals surface area contributed by atoms with Crippen molar-refractivity contribution >= 4 is 5.91 Å². The molecule has 1 aliphatic heterocycles. The van der Waals surface area contributed by atoms with Crippen LogP contribution in [-0.2, 0) is 11.2 Å². The van der Waals surface area contributed by atoms with E-state index in [1.54, 1.807) is 20.3 Å². The first-order chi connectivity index (χ1) is 12.2. The van der Waals surface area contributed by atoms with Crippen molar-refractivity contribution in [2.24, 2.45) is 0 Å². The van der Waals surface area contributed by atoms with Crippen molar-refractivity contribution in [3.05, 3.63) is 71.8 Å². The van der Waals surface area contributed by atoms with E-state index in [4.69, 9.17) is 9.47 Å². The molecule has 4 nitrogen and oxygen atoms in total. The molecular formula is C21H23NO3. The molecule has 3 rings (SSSR count). The third-order valence-electron chi connectivity index (χ3n) is 4.67. The predicted octanol–water partition coefficient (Wildman–Crippen LogP) is 3.41. The Bertz CT molecular complexity index is 770. The number of ether oxygens (including phenoxy) is 2. The highest BCUT2D eigenvalue weighted by Crippen LogP contribution is 2.38.